The maximum atomic E-state index is 12.5. The molecule has 0 saturated carbocycles. The van der Waals surface area contributed by atoms with Gasteiger partial charge in [0.1, 0.15) is 6.04 Å². The van der Waals surface area contributed by atoms with Crippen molar-refractivity contribution in [2.24, 2.45) is 5.92 Å². The second-order valence-corrected chi connectivity index (χ2v) is 7.80. The number of imide groups is 1. The Labute approximate surface area is 175 Å². The minimum absolute atomic E-state index is 0.0824. The van der Waals surface area contributed by atoms with Crippen LogP contribution in [0.3, 0.4) is 0 Å². The van der Waals surface area contributed by atoms with E-state index in [0.717, 1.165) is 0 Å². The van der Waals surface area contributed by atoms with Crippen LogP contribution in [0.1, 0.15) is 51.4 Å². The highest BCUT2D eigenvalue weighted by Crippen LogP contribution is 2.12. The summed E-state index contributed by atoms with van der Waals surface area (Å²) in [5, 5.41) is 7.72. The minimum atomic E-state index is -1.21. The molecular weight excluding hydrogens is 398 g/mol. The van der Waals surface area contributed by atoms with Gasteiger partial charge in [0.2, 0.25) is 0 Å². The molecule has 0 aliphatic carbocycles. The molecule has 0 bridgehead atoms. The Hall–Kier alpha value is -2.61. The highest BCUT2D eigenvalue weighted by molar-refractivity contribution is 6.30. The maximum absolute atomic E-state index is 12.5. The first-order chi connectivity index (χ1) is 13.5. The lowest BCUT2D eigenvalue weighted by molar-refractivity contribution is -0.156. The van der Waals surface area contributed by atoms with Crippen LogP contribution in [0.2, 0.25) is 5.02 Å². The Morgan fingerprint density at radius 1 is 0.966 bits per heavy atom. The van der Waals surface area contributed by atoms with E-state index in [1.54, 1.807) is 38.1 Å². The second-order valence-electron chi connectivity index (χ2n) is 7.36. The smallest absolute Gasteiger partial charge is 0.329 e. The first-order valence-corrected chi connectivity index (χ1v) is 9.75. The number of carbonyl (C=O) groups excluding carboxylic acids is 4. The molecule has 4 amide bonds. The van der Waals surface area contributed by atoms with Gasteiger partial charge in [-0.1, -0.05) is 25.4 Å². The number of benzene rings is 1. The lowest BCUT2D eigenvalue weighted by Crippen LogP contribution is -2.49. The third-order valence-corrected chi connectivity index (χ3v) is 3.97. The number of esters is 1. The predicted molar refractivity (Wildman–Crippen MR) is 110 cm³/mol. The van der Waals surface area contributed by atoms with Crippen LogP contribution in [0.4, 0.5) is 4.79 Å². The van der Waals surface area contributed by atoms with Gasteiger partial charge in [0.15, 0.2) is 6.10 Å². The van der Waals surface area contributed by atoms with Crippen molar-refractivity contribution in [1.82, 2.24) is 16.0 Å². The molecule has 9 heteroatoms. The number of amides is 4. The molecule has 0 aliphatic heterocycles. The predicted octanol–water partition coefficient (Wildman–Crippen LogP) is 2.65. The fraction of sp³-hybridized carbons (Fsp3) is 0.500. The van der Waals surface area contributed by atoms with Crippen LogP contribution in [-0.2, 0) is 14.3 Å². The molecule has 29 heavy (non-hydrogen) atoms. The van der Waals surface area contributed by atoms with Gasteiger partial charge in [-0.15, -0.1) is 0 Å². The number of nitrogens with one attached hydrogen (secondary N) is 3. The van der Waals surface area contributed by atoms with E-state index >= 15 is 0 Å². The lowest BCUT2D eigenvalue weighted by atomic mass is 10.0. The standard InChI is InChI=1S/C20H28ClN3O5/c1-11(2)10-16(23-18(26)14-6-8-15(21)9-7-14)19(27)29-13(5)17(25)24-20(28)22-12(3)4/h6-9,11-13,16H,10H2,1-5H3,(H,23,26)(H2,22,24,25,28). The van der Waals surface area contributed by atoms with E-state index in [0.29, 0.717) is 17.0 Å². The third-order valence-electron chi connectivity index (χ3n) is 3.72. The number of hydrogen-bond acceptors (Lipinski definition) is 5. The van der Waals surface area contributed by atoms with Gasteiger partial charge in [-0.05, 0) is 57.4 Å². The Balaban J connectivity index is 2.75. The molecule has 8 nitrogen and oxygen atoms in total. The molecule has 1 rings (SSSR count). The summed E-state index contributed by atoms with van der Waals surface area (Å²) in [5.74, 6) is -1.89. The van der Waals surface area contributed by atoms with Crippen molar-refractivity contribution in [2.45, 2.75) is 59.2 Å². The van der Waals surface area contributed by atoms with Crippen LogP contribution in [0.5, 0.6) is 0 Å². The number of carbonyl (C=O) groups is 4. The summed E-state index contributed by atoms with van der Waals surface area (Å²) >= 11 is 5.82. The molecule has 160 valence electrons. The van der Waals surface area contributed by atoms with Crippen molar-refractivity contribution in [3.05, 3.63) is 34.9 Å². The number of halogens is 1. The Morgan fingerprint density at radius 2 is 1.55 bits per heavy atom. The van der Waals surface area contributed by atoms with Crippen LogP contribution in [0.15, 0.2) is 24.3 Å². The van der Waals surface area contributed by atoms with Crippen molar-refractivity contribution in [3.63, 3.8) is 0 Å². The molecule has 0 radical (unpaired) electrons. The van der Waals surface area contributed by atoms with Gasteiger partial charge >= 0.3 is 12.0 Å². The molecule has 0 aliphatic rings. The van der Waals surface area contributed by atoms with Gasteiger partial charge in [0.25, 0.3) is 11.8 Å². The van der Waals surface area contributed by atoms with E-state index < -0.39 is 36.0 Å². The molecule has 2 unspecified atom stereocenters. The molecule has 1 aromatic carbocycles. The van der Waals surface area contributed by atoms with E-state index in [1.807, 2.05) is 13.8 Å². The van der Waals surface area contributed by atoms with Crippen LogP contribution in [0.25, 0.3) is 0 Å². The number of urea groups is 1. The van der Waals surface area contributed by atoms with Gasteiger partial charge in [0, 0.05) is 16.6 Å². The second kappa shape index (κ2) is 11.4. The van der Waals surface area contributed by atoms with Crippen LogP contribution < -0.4 is 16.0 Å². The molecule has 1 aromatic rings. The van der Waals surface area contributed by atoms with Gasteiger partial charge < -0.3 is 15.4 Å². The molecule has 0 heterocycles. The van der Waals surface area contributed by atoms with Crippen LogP contribution in [0, 0.1) is 5.92 Å². The summed E-state index contributed by atoms with van der Waals surface area (Å²) in [4.78, 5) is 48.6. The zero-order valence-electron chi connectivity index (χ0n) is 17.2. The fourth-order valence-corrected chi connectivity index (χ4v) is 2.48. The number of hydrogen-bond donors (Lipinski definition) is 3. The topological polar surface area (TPSA) is 114 Å². The first-order valence-electron chi connectivity index (χ1n) is 9.37. The van der Waals surface area contributed by atoms with Crippen LogP contribution >= 0.6 is 11.6 Å². The number of ether oxygens (including phenoxy) is 1. The average molecular weight is 426 g/mol. The first kappa shape index (κ1) is 24.4. The summed E-state index contributed by atoms with van der Waals surface area (Å²) in [6.07, 6.45) is -0.886. The Bertz CT molecular complexity index is 734. The molecule has 3 N–H and O–H groups in total. The third kappa shape index (κ3) is 8.95. The normalized spacial score (nSPS) is 12.8. The largest absolute Gasteiger partial charge is 0.451 e. The molecule has 0 aromatic heterocycles. The average Bonchev–Trinajstić information content (AvgIpc) is 2.60. The van der Waals surface area contributed by atoms with E-state index in [2.05, 4.69) is 16.0 Å². The summed E-state index contributed by atoms with van der Waals surface area (Å²) in [6, 6.07) is 4.44. The van der Waals surface area contributed by atoms with Gasteiger partial charge in [0.05, 0.1) is 0 Å². The fourth-order valence-electron chi connectivity index (χ4n) is 2.35. The van der Waals surface area contributed by atoms with Gasteiger partial charge in [-0.2, -0.15) is 0 Å². The van der Waals surface area contributed by atoms with Crippen molar-refractivity contribution in [2.75, 3.05) is 0 Å². The highest BCUT2D eigenvalue weighted by Gasteiger charge is 2.28. The molecule has 2 atom stereocenters. The molecule has 0 fully saturated rings. The molecular formula is C20H28ClN3O5. The minimum Gasteiger partial charge on any atom is -0.451 e. The maximum Gasteiger partial charge on any atom is 0.329 e. The number of rotatable bonds is 8. The summed E-state index contributed by atoms with van der Waals surface area (Å²) in [6.45, 7) is 8.62. The van der Waals surface area contributed by atoms with Crippen molar-refractivity contribution in [3.8, 4) is 0 Å². The van der Waals surface area contributed by atoms with Gasteiger partial charge in [-0.3, -0.25) is 14.9 Å². The molecule has 0 spiro atoms. The van der Waals surface area contributed by atoms with Gasteiger partial charge in [-0.25, -0.2) is 9.59 Å². The lowest BCUT2D eigenvalue weighted by Gasteiger charge is -2.21. The quantitative estimate of drug-likeness (QED) is 0.554. The van der Waals surface area contributed by atoms with E-state index in [1.165, 1.54) is 6.92 Å². The summed E-state index contributed by atoms with van der Waals surface area (Å²) < 4.78 is 5.17. The molecule has 0 saturated heterocycles. The van der Waals surface area contributed by atoms with Crippen molar-refractivity contribution in [1.29, 1.82) is 0 Å². The zero-order valence-corrected chi connectivity index (χ0v) is 18.0. The SMILES string of the molecule is CC(C)CC(NC(=O)c1ccc(Cl)cc1)C(=O)OC(C)C(=O)NC(=O)NC(C)C. The summed E-state index contributed by atoms with van der Waals surface area (Å²) in [7, 11) is 0. The zero-order chi connectivity index (χ0) is 22.1. The van der Waals surface area contributed by atoms with E-state index in [-0.39, 0.29) is 12.0 Å². The van der Waals surface area contributed by atoms with E-state index in [4.69, 9.17) is 16.3 Å². The van der Waals surface area contributed by atoms with E-state index in [9.17, 15) is 19.2 Å². The Morgan fingerprint density at radius 3 is 2.07 bits per heavy atom. The van der Waals surface area contributed by atoms with Crippen molar-refractivity contribution < 1.29 is 23.9 Å². The van der Waals surface area contributed by atoms with Crippen LogP contribution in [-0.4, -0.2) is 42.0 Å². The Kier molecular flexibility index (Phi) is 9.61. The van der Waals surface area contributed by atoms with Crippen molar-refractivity contribution >= 4 is 35.4 Å². The monoisotopic (exact) mass is 425 g/mol. The summed E-state index contributed by atoms with van der Waals surface area (Å²) in [5.41, 5.74) is 0.340. The highest BCUT2D eigenvalue weighted by atomic mass is 35.5.